The van der Waals surface area contributed by atoms with E-state index in [0.29, 0.717) is 18.0 Å². The number of nitrogens with zero attached hydrogens (tertiary/aromatic N) is 1. The van der Waals surface area contributed by atoms with Crippen molar-refractivity contribution in [2.24, 2.45) is 5.92 Å². The number of aliphatic hydroxyl groups excluding tert-OH is 1. The molecule has 1 amide bonds. The van der Waals surface area contributed by atoms with E-state index in [-0.39, 0.29) is 24.7 Å². The minimum Gasteiger partial charge on any atom is -0.508 e. The first kappa shape index (κ1) is 15.8. The number of carbonyl (C=O) groups is 1. The summed E-state index contributed by atoms with van der Waals surface area (Å²) in [5.74, 6) is 0.696. The molecule has 0 aliphatic heterocycles. The number of para-hydroxylation sites is 1. The molecule has 0 unspecified atom stereocenters. The molecule has 0 bridgehead atoms. The second-order valence-electron chi connectivity index (χ2n) is 5.87. The average Bonchev–Trinajstić information content (AvgIpc) is 2.50. The van der Waals surface area contributed by atoms with Crippen LogP contribution in [0.3, 0.4) is 0 Å². The van der Waals surface area contributed by atoms with Crippen LogP contribution in [0.25, 0.3) is 0 Å². The smallest absolute Gasteiger partial charge is 0.227 e. The van der Waals surface area contributed by atoms with Gasteiger partial charge in [-0.25, -0.2) is 0 Å². The van der Waals surface area contributed by atoms with Crippen molar-refractivity contribution in [2.45, 2.75) is 38.5 Å². The van der Waals surface area contributed by atoms with Crippen LogP contribution in [0.2, 0.25) is 0 Å². The predicted molar refractivity (Wildman–Crippen MR) is 82.1 cm³/mol. The van der Waals surface area contributed by atoms with Crippen molar-refractivity contribution in [1.29, 1.82) is 0 Å². The number of phenolic OH excluding ortho intramolecular Hbond substituents is 1. The number of hydrogen-bond acceptors (Lipinski definition) is 3. The van der Waals surface area contributed by atoms with E-state index in [1.54, 1.807) is 23.1 Å². The molecule has 116 valence electrons. The highest BCUT2D eigenvalue weighted by Crippen LogP contribution is 2.25. The second kappa shape index (κ2) is 8.03. The standard InChI is InChI=1S/C17H25NO3/c19-11-10-18(13-14-6-2-1-3-7-14)17(21)12-15-8-4-5-9-16(15)20/h4-5,8-9,14,19-20H,1-3,6-7,10-13H2. The Bertz CT molecular complexity index is 455. The van der Waals surface area contributed by atoms with E-state index in [0.717, 1.165) is 6.54 Å². The molecule has 1 aliphatic rings. The lowest BCUT2D eigenvalue weighted by Crippen LogP contribution is -2.38. The Morgan fingerprint density at radius 1 is 1.19 bits per heavy atom. The minimum absolute atomic E-state index is 0.0147. The molecule has 1 aliphatic carbocycles. The van der Waals surface area contributed by atoms with Gasteiger partial charge in [0.05, 0.1) is 13.0 Å². The lowest BCUT2D eigenvalue weighted by molar-refractivity contribution is -0.131. The zero-order chi connectivity index (χ0) is 15.1. The molecule has 1 saturated carbocycles. The van der Waals surface area contributed by atoms with Crippen LogP contribution in [0.1, 0.15) is 37.7 Å². The van der Waals surface area contributed by atoms with Crippen LogP contribution >= 0.6 is 0 Å². The molecule has 1 fully saturated rings. The molecule has 2 N–H and O–H groups in total. The Balaban J connectivity index is 1.96. The average molecular weight is 291 g/mol. The number of amides is 1. The first-order chi connectivity index (χ1) is 10.2. The van der Waals surface area contributed by atoms with Gasteiger partial charge in [-0.2, -0.15) is 0 Å². The van der Waals surface area contributed by atoms with E-state index in [9.17, 15) is 15.0 Å². The number of aliphatic hydroxyl groups is 1. The number of phenols is 1. The highest BCUT2D eigenvalue weighted by atomic mass is 16.3. The van der Waals surface area contributed by atoms with Gasteiger partial charge < -0.3 is 15.1 Å². The van der Waals surface area contributed by atoms with Crippen LogP contribution < -0.4 is 0 Å². The van der Waals surface area contributed by atoms with Gasteiger partial charge in [0, 0.05) is 18.7 Å². The van der Waals surface area contributed by atoms with E-state index in [1.165, 1.54) is 32.1 Å². The van der Waals surface area contributed by atoms with E-state index < -0.39 is 0 Å². The monoisotopic (exact) mass is 291 g/mol. The highest BCUT2D eigenvalue weighted by Gasteiger charge is 2.21. The summed E-state index contributed by atoms with van der Waals surface area (Å²) < 4.78 is 0. The van der Waals surface area contributed by atoms with Gasteiger partial charge in [-0.3, -0.25) is 4.79 Å². The molecule has 4 nitrogen and oxygen atoms in total. The summed E-state index contributed by atoms with van der Waals surface area (Å²) >= 11 is 0. The van der Waals surface area contributed by atoms with Gasteiger partial charge in [0.1, 0.15) is 5.75 Å². The molecule has 2 rings (SSSR count). The molecule has 4 heteroatoms. The third-order valence-electron chi connectivity index (χ3n) is 4.26. The van der Waals surface area contributed by atoms with Crippen LogP contribution in [-0.4, -0.2) is 40.7 Å². The van der Waals surface area contributed by atoms with Gasteiger partial charge in [-0.05, 0) is 24.8 Å². The van der Waals surface area contributed by atoms with E-state index >= 15 is 0 Å². The van der Waals surface area contributed by atoms with E-state index in [1.807, 2.05) is 6.07 Å². The summed E-state index contributed by atoms with van der Waals surface area (Å²) in [6.45, 7) is 1.09. The zero-order valence-corrected chi connectivity index (χ0v) is 12.5. The SMILES string of the molecule is O=C(Cc1ccccc1O)N(CCO)CC1CCCCC1. The summed E-state index contributed by atoms with van der Waals surface area (Å²) in [5, 5.41) is 19.0. The van der Waals surface area contributed by atoms with Crippen LogP contribution in [0.5, 0.6) is 5.75 Å². The Morgan fingerprint density at radius 3 is 2.57 bits per heavy atom. The molecule has 0 radical (unpaired) electrons. The fourth-order valence-corrected chi connectivity index (χ4v) is 3.05. The predicted octanol–water partition coefficient (Wildman–Crippen LogP) is 2.34. The van der Waals surface area contributed by atoms with Crippen molar-refractivity contribution in [3.05, 3.63) is 29.8 Å². The van der Waals surface area contributed by atoms with Crippen molar-refractivity contribution in [1.82, 2.24) is 4.90 Å². The minimum atomic E-state index is -0.0175. The lowest BCUT2D eigenvalue weighted by Gasteiger charge is -2.29. The maximum Gasteiger partial charge on any atom is 0.227 e. The normalized spacial score (nSPS) is 15.9. The fraction of sp³-hybridized carbons (Fsp3) is 0.588. The van der Waals surface area contributed by atoms with Crippen LogP contribution in [0.4, 0.5) is 0 Å². The summed E-state index contributed by atoms with van der Waals surface area (Å²) in [4.78, 5) is 14.2. The largest absolute Gasteiger partial charge is 0.508 e. The molecule has 0 saturated heterocycles. The molecular formula is C17H25NO3. The first-order valence-electron chi connectivity index (χ1n) is 7.86. The number of benzene rings is 1. The van der Waals surface area contributed by atoms with Crippen molar-refractivity contribution in [3.63, 3.8) is 0 Å². The topological polar surface area (TPSA) is 60.8 Å². The fourth-order valence-electron chi connectivity index (χ4n) is 3.05. The third kappa shape index (κ3) is 4.74. The molecule has 1 aromatic rings. The highest BCUT2D eigenvalue weighted by molar-refractivity contribution is 5.79. The molecule has 0 atom stereocenters. The van der Waals surface area contributed by atoms with E-state index in [4.69, 9.17) is 0 Å². The Morgan fingerprint density at radius 2 is 1.90 bits per heavy atom. The maximum atomic E-state index is 12.4. The Kier molecular flexibility index (Phi) is 6.05. The number of carbonyl (C=O) groups excluding carboxylic acids is 1. The van der Waals surface area contributed by atoms with Crippen molar-refractivity contribution < 1.29 is 15.0 Å². The van der Waals surface area contributed by atoms with Crippen molar-refractivity contribution in [3.8, 4) is 5.75 Å². The van der Waals surface area contributed by atoms with Gasteiger partial charge in [0.2, 0.25) is 5.91 Å². The Labute approximate surface area is 126 Å². The summed E-state index contributed by atoms with van der Waals surface area (Å²) in [7, 11) is 0. The molecule has 0 spiro atoms. The van der Waals surface area contributed by atoms with Crippen LogP contribution in [0.15, 0.2) is 24.3 Å². The summed E-state index contributed by atoms with van der Waals surface area (Å²) in [6.07, 6.45) is 6.32. The third-order valence-corrected chi connectivity index (χ3v) is 4.26. The van der Waals surface area contributed by atoms with E-state index in [2.05, 4.69) is 0 Å². The van der Waals surface area contributed by atoms with Gasteiger partial charge >= 0.3 is 0 Å². The molecular weight excluding hydrogens is 266 g/mol. The number of aromatic hydroxyl groups is 1. The summed E-state index contributed by atoms with van der Waals surface area (Å²) in [5.41, 5.74) is 0.647. The van der Waals surface area contributed by atoms with Gasteiger partial charge in [-0.15, -0.1) is 0 Å². The van der Waals surface area contributed by atoms with Gasteiger partial charge in [0.25, 0.3) is 0 Å². The first-order valence-corrected chi connectivity index (χ1v) is 7.86. The van der Waals surface area contributed by atoms with Crippen LogP contribution in [-0.2, 0) is 11.2 Å². The molecule has 0 aromatic heterocycles. The van der Waals surface area contributed by atoms with Gasteiger partial charge in [-0.1, -0.05) is 37.5 Å². The zero-order valence-electron chi connectivity index (χ0n) is 12.5. The van der Waals surface area contributed by atoms with Gasteiger partial charge in [0.15, 0.2) is 0 Å². The molecule has 1 aromatic carbocycles. The second-order valence-corrected chi connectivity index (χ2v) is 5.87. The van der Waals surface area contributed by atoms with Crippen LogP contribution in [0, 0.1) is 5.92 Å². The molecule has 0 heterocycles. The lowest BCUT2D eigenvalue weighted by atomic mass is 9.89. The quantitative estimate of drug-likeness (QED) is 0.845. The van der Waals surface area contributed by atoms with Crippen molar-refractivity contribution >= 4 is 5.91 Å². The van der Waals surface area contributed by atoms with Crippen molar-refractivity contribution in [2.75, 3.05) is 19.7 Å². The Hall–Kier alpha value is -1.55. The maximum absolute atomic E-state index is 12.4. The molecule has 21 heavy (non-hydrogen) atoms. The number of hydrogen-bond donors (Lipinski definition) is 2. The summed E-state index contributed by atoms with van der Waals surface area (Å²) in [6, 6.07) is 6.93. The number of rotatable bonds is 6.